The Kier molecular flexibility index (Phi) is 4.52. The number of carbonyl (C=O) groups is 2. The maximum atomic E-state index is 13.6. The number of fused-ring (bicyclic) bond motifs is 4. The molecule has 0 aromatic heterocycles. The highest BCUT2D eigenvalue weighted by molar-refractivity contribution is 7.91. The van der Waals surface area contributed by atoms with Crippen molar-refractivity contribution < 1.29 is 27.5 Å². The number of hydrogen-bond donors (Lipinski definition) is 2. The van der Waals surface area contributed by atoms with Crippen LogP contribution in [-0.2, 0) is 26.0 Å². The molecule has 4 unspecified atom stereocenters. The minimum atomic E-state index is -3.37. The first-order valence-electron chi connectivity index (χ1n) is 10.9. The average molecular weight is 483 g/mol. The monoisotopic (exact) mass is 482 g/mol. The molecule has 3 saturated heterocycles. The molecule has 11 heteroatoms. The fraction of sp³-hybridized carbons (Fsp3) is 0.348. The van der Waals surface area contributed by atoms with Crippen LogP contribution in [0.15, 0.2) is 42.5 Å². The molecule has 4 aliphatic rings. The third kappa shape index (κ3) is 3.11. The smallest absolute Gasteiger partial charge is 0.235 e. The summed E-state index contributed by atoms with van der Waals surface area (Å²) in [4.78, 5) is 30.1. The van der Waals surface area contributed by atoms with Crippen molar-refractivity contribution in [3.05, 3.63) is 59.2 Å². The van der Waals surface area contributed by atoms with E-state index in [9.17, 15) is 18.0 Å². The number of nitrogens with two attached hydrogens (primary N) is 1. The van der Waals surface area contributed by atoms with Gasteiger partial charge in [0.15, 0.2) is 21.3 Å². The number of sulfone groups is 1. The second kappa shape index (κ2) is 7.28. The zero-order valence-corrected chi connectivity index (χ0v) is 18.8. The van der Waals surface area contributed by atoms with Gasteiger partial charge in [-0.15, -0.1) is 0 Å². The van der Waals surface area contributed by atoms with E-state index >= 15 is 0 Å². The number of nitrogens with zero attached hydrogens (tertiary/aromatic N) is 2. The van der Waals surface area contributed by atoms with Crippen LogP contribution in [0.3, 0.4) is 0 Å². The average Bonchev–Trinajstić information content (AvgIpc) is 3.51. The number of nitrogens with one attached hydrogen (secondary N) is 1. The van der Waals surface area contributed by atoms with Crippen molar-refractivity contribution in [3.63, 3.8) is 0 Å². The Morgan fingerprint density at radius 1 is 1.03 bits per heavy atom. The van der Waals surface area contributed by atoms with Gasteiger partial charge in [-0.3, -0.25) is 24.8 Å². The normalized spacial score (nSPS) is 28.9. The Balaban J connectivity index is 1.36. The summed E-state index contributed by atoms with van der Waals surface area (Å²) in [5, 5.41) is 7.61. The number of nitrogen functional groups attached to an aromatic ring is 1. The molecule has 0 radical (unpaired) electrons. The van der Waals surface area contributed by atoms with Crippen molar-refractivity contribution in [3.8, 4) is 11.5 Å². The summed E-state index contributed by atoms with van der Waals surface area (Å²) in [5.41, 5.74) is 7.54. The van der Waals surface area contributed by atoms with E-state index in [2.05, 4.69) is 0 Å². The SMILES string of the molecule is N=C(N)c1ccc(C2C3C(=O)N(Cc4ccc5c(c4)OCO5)C(=O)C3C3CS(=O)(=O)CN32)cc1. The standard InChI is InChI=1S/C23H22N4O6S/c24-21(25)14-4-2-13(3-5-14)20-19-18(15-9-34(30,31)10-27(15)20)22(28)26(23(19)29)8-12-1-6-16-17(7-12)33-11-32-16/h1-7,15,18-20H,8-11H2,(H3,24,25). The fourth-order valence-corrected chi connectivity index (χ4v) is 7.51. The van der Waals surface area contributed by atoms with Gasteiger partial charge in [0.25, 0.3) is 0 Å². The Labute approximate surface area is 195 Å². The van der Waals surface area contributed by atoms with E-state index in [0.717, 1.165) is 11.1 Å². The molecule has 2 amide bonds. The number of amides is 2. The molecule has 2 aromatic carbocycles. The van der Waals surface area contributed by atoms with Crippen molar-refractivity contribution in [1.29, 1.82) is 5.41 Å². The van der Waals surface area contributed by atoms with E-state index in [1.165, 1.54) is 4.90 Å². The Morgan fingerprint density at radius 2 is 1.74 bits per heavy atom. The lowest BCUT2D eigenvalue weighted by atomic mass is 9.86. The second-order valence-corrected chi connectivity index (χ2v) is 11.2. The number of ether oxygens (including phenoxy) is 2. The lowest BCUT2D eigenvalue weighted by Gasteiger charge is -2.28. The van der Waals surface area contributed by atoms with Crippen molar-refractivity contribution in [1.82, 2.24) is 9.80 Å². The minimum absolute atomic E-state index is 0.0801. The van der Waals surface area contributed by atoms with Gasteiger partial charge in [-0.1, -0.05) is 30.3 Å². The first kappa shape index (κ1) is 21.1. The quantitative estimate of drug-likeness (QED) is 0.367. The van der Waals surface area contributed by atoms with Gasteiger partial charge in [-0.25, -0.2) is 8.42 Å². The fourth-order valence-electron chi connectivity index (χ4n) is 5.68. The second-order valence-electron chi connectivity index (χ2n) is 9.10. The number of imide groups is 1. The summed E-state index contributed by atoms with van der Waals surface area (Å²) in [6.45, 7) is 0.206. The lowest BCUT2D eigenvalue weighted by Crippen LogP contribution is -2.39. The van der Waals surface area contributed by atoms with Crippen LogP contribution in [0.25, 0.3) is 0 Å². The molecule has 4 aliphatic heterocycles. The van der Waals surface area contributed by atoms with Crippen LogP contribution in [0.5, 0.6) is 11.5 Å². The van der Waals surface area contributed by atoms with Crippen molar-refractivity contribution in [2.75, 3.05) is 18.4 Å². The lowest BCUT2D eigenvalue weighted by molar-refractivity contribution is -0.142. The number of hydrogen-bond acceptors (Lipinski definition) is 8. The van der Waals surface area contributed by atoms with Gasteiger partial charge in [0.05, 0.1) is 24.1 Å². The number of benzene rings is 2. The Morgan fingerprint density at radius 3 is 2.47 bits per heavy atom. The zero-order valence-electron chi connectivity index (χ0n) is 18.0. The molecule has 34 heavy (non-hydrogen) atoms. The molecule has 4 heterocycles. The first-order valence-corrected chi connectivity index (χ1v) is 12.7. The van der Waals surface area contributed by atoms with Crippen LogP contribution in [-0.4, -0.2) is 60.3 Å². The van der Waals surface area contributed by atoms with E-state index < -0.39 is 33.8 Å². The van der Waals surface area contributed by atoms with Crippen LogP contribution in [0.2, 0.25) is 0 Å². The third-order valence-electron chi connectivity index (χ3n) is 7.14. The molecule has 0 spiro atoms. The zero-order chi connectivity index (χ0) is 23.8. The largest absolute Gasteiger partial charge is 0.454 e. The van der Waals surface area contributed by atoms with E-state index in [0.29, 0.717) is 17.1 Å². The highest BCUT2D eigenvalue weighted by Crippen LogP contribution is 2.52. The molecule has 6 rings (SSSR count). The number of carbonyl (C=O) groups excluding carboxylic acids is 2. The maximum absolute atomic E-state index is 13.6. The van der Waals surface area contributed by atoms with Gasteiger partial charge in [0, 0.05) is 17.6 Å². The van der Waals surface area contributed by atoms with Gasteiger partial charge < -0.3 is 15.2 Å². The topological polar surface area (TPSA) is 143 Å². The van der Waals surface area contributed by atoms with Gasteiger partial charge in [-0.05, 0) is 23.3 Å². The Bertz CT molecular complexity index is 1340. The molecular formula is C23H22N4O6S. The van der Waals surface area contributed by atoms with Gasteiger partial charge in [0.1, 0.15) is 11.7 Å². The number of rotatable bonds is 4. The van der Waals surface area contributed by atoms with E-state index in [4.69, 9.17) is 20.6 Å². The molecule has 4 atom stereocenters. The van der Waals surface area contributed by atoms with Crippen LogP contribution >= 0.6 is 0 Å². The summed E-state index contributed by atoms with van der Waals surface area (Å²) < 4.78 is 35.7. The predicted octanol–water partition coefficient (Wildman–Crippen LogP) is 0.612. The molecule has 3 N–H and O–H groups in total. The maximum Gasteiger partial charge on any atom is 0.235 e. The number of amidine groups is 1. The highest BCUT2D eigenvalue weighted by Gasteiger charge is 2.65. The van der Waals surface area contributed by atoms with E-state index in [1.54, 1.807) is 47.4 Å². The van der Waals surface area contributed by atoms with Gasteiger partial charge in [0.2, 0.25) is 18.6 Å². The number of likely N-dealkylation sites (tertiary alicyclic amines) is 1. The molecule has 10 nitrogen and oxygen atoms in total. The Hall–Kier alpha value is -3.44. The van der Waals surface area contributed by atoms with Crippen LogP contribution in [0.4, 0.5) is 0 Å². The summed E-state index contributed by atoms with van der Waals surface area (Å²) in [6, 6.07) is 11.0. The molecular weight excluding hydrogens is 460 g/mol. The molecule has 0 saturated carbocycles. The van der Waals surface area contributed by atoms with Crippen molar-refractivity contribution in [2.24, 2.45) is 17.6 Å². The predicted molar refractivity (Wildman–Crippen MR) is 120 cm³/mol. The first-order chi connectivity index (χ1) is 16.2. The third-order valence-corrected chi connectivity index (χ3v) is 8.68. The van der Waals surface area contributed by atoms with E-state index in [1.807, 2.05) is 0 Å². The van der Waals surface area contributed by atoms with Crippen molar-refractivity contribution in [2.45, 2.75) is 18.6 Å². The molecule has 0 aliphatic carbocycles. The summed E-state index contributed by atoms with van der Waals surface area (Å²) in [7, 11) is -3.37. The molecule has 176 valence electrons. The molecule has 2 aromatic rings. The van der Waals surface area contributed by atoms with E-state index in [-0.39, 0.29) is 42.6 Å². The van der Waals surface area contributed by atoms with Crippen LogP contribution in [0, 0.1) is 17.2 Å². The summed E-state index contributed by atoms with van der Waals surface area (Å²) in [5.74, 6) is -1.29. The van der Waals surface area contributed by atoms with Gasteiger partial charge in [-0.2, -0.15) is 0 Å². The van der Waals surface area contributed by atoms with Crippen LogP contribution in [0.1, 0.15) is 22.7 Å². The highest BCUT2D eigenvalue weighted by atomic mass is 32.2. The van der Waals surface area contributed by atoms with Crippen molar-refractivity contribution >= 4 is 27.5 Å². The summed E-state index contributed by atoms with van der Waals surface area (Å²) in [6.07, 6.45) is 0. The van der Waals surface area contributed by atoms with Gasteiger partial charge >= 0.3 is 0 Å². The minimum Gasteiger partial charge on any atom is -0.454 e. The van der Waals surface area contributed by atoms with Crippen LogP contribution < -0.4 is 15.2 Å². The molecule has 3 fully saturated rings. The summed E-state index contributed by atoms with van der Waals surface area (Å²) >= 11 is 0. The molecule has 0 bridgehead atoms.